The fourth-order valence-corrected chi connectivity index (χ4v) is 1.89. The van der Waals surface area contributed by atoms with Gasteiger partial charge in [-0.1, -0.05) is 13.8 Å². The van der Waals surface area contributed by atoms with Gasteiger partial charge >= 0.3 is 0 Å². The molecular formula is C12H16FNO. The smallest absolute Gasteiger partial charge is 0.142 e. The SMILES string of the molecule is CC(C)CC1COc2ccc(F)cc2N1. The van der Waals surface area contributed by atoms with Crippen molar-refractivity contribution in [1.82, 2.24) is 0 Å². The number of ether oxygens (including phenoxy) is 1. The van der Waals surface area contributed by atoms with Crippen molar-refractivity contribution in [3.63, 3.8) is 0 Å². The van der Waals surface area contributed by atoms with Gasteiger partial charge in [0, 0.05) is 6.07 Å². The number of hydrogen-bond donors (Lipinski definition) is 1. The Bertz CT molecular complexity index is 351. The second kappa shape index (κ2) is 4.09. The Balaban J connectivity index is 2.11. The van der Waals surface area contributed by atoms with E-state index in [1.807, 2.05) is 0 Å². The van der Waals surface area contributed by atoms with Crippen LogP contribution in [0.3, 0.4) is 0 Å². The number of rotatable bonds is 2. The van der Waals surface area contributed by atoms with Gasteiger partial charge < -0.3 is 10.1 Å². The van der Waals surface area contributed by atoms with Gasteiger partial charge in [-0.05, 0) is 24.5 Å². The van der Waals surface area contributed by atoms with Gasteiger partial charge in [0.15, 0.2) is 0 Å². The molecule has 1 unspecified atom stereocenters. The summed E-state index contributed by atoms with van der Waals surface area (Å²) in [5.41, 5.74) is 0.770. The van der Waals surface area contributed by atoms with E-state index in [0.29, 0.717) is 18.6 Å². The summed E-state index contributed by atoms with van der Waals surface area (Å²) in [6.45, 7) is 5.00. The summed E-state index contributed by atoms with van der Waals surface area (Å²) in [5, 5.41) is 3.30. The predicted octanol–water partition coefficient (Wildman–Crippen LogP) is 3.04. The summed E-state index contributed by atoms with van der Waals surface area (Å²) in [5.74, 6) is 1.13. The van der Waals surface area contributed by atoms with Crippen LogP contribution in [0.1, 0.15) is 20.3 Å². The van der Waals surface area contributed by atoms with Crippen molar-refractivity contribution in [2.24, 2.45) is 5.92 Å². The molecule has 1 aliphatic rings. The predicted molar refractivity (Wildman–Crippen MR) is 58.8 cm³/mol. The van der Waals surface area contributed by atoms with Crippen molar-refractivity contribution in [2.75, 3.05) is 11.9 Å². The molecule has 1 N–H and O–H groups in total. The zero-order valence-corrected chi connectivity index (χ0v) is 9.09. The number of fused-ring (bicyclic) bond motifs is 1. The lowest BCUT2D eigenvalue weighted by molar-refractivity contribution is 0.267. The van der Waals surface area contributed by atoms with Gasteiger partial charge in [-0.15, -0.1) is 0 Å². The minimum Gasteiger partial charge on any atom is -0.489 e. The van der Waals surface area contributed by atoms with E-state index in [1.165, 1.54) is 12.1 Å². The molecule has 82 valence electrons. The molecular weight excluding hydrogens is 193 g/mol. The van der Waals surface area contributed by atoms with E-state index in [-0.39, 0.29) is 5.82 Å². The highest BCUT2D eigenvalue weighted by Crippen LogP contribution is 2.30. The third-order valence-corrected chi connectivity index (χ3v) is 2.50. The van der Waals surface area contributed by atoms with Gasteiger partial charge in [-0.3, -0.25) is 0 Å². The molecule has 1 aliphatic heterocycles. The van der Waals surface area contributed by atoms with E-state index in [9.17, 15) is 4.39 Å². The average Bonchev–Trinajstić information content (AvgIpc) is 2.16. The van der Waals surface area contributed by atoms with Gasteiger partial charge in [-0.2, -0.15) is 0 Å². The van der Waals surface area contributed by atoms with E-state index in [2.05, 4.69) is 19.2 Å². The topological polar surface area (TPSA) is 21.3 Å². The zero-order chi connectivity index (χ0) is 10.8. The third-order valence-electron chi connectivity index (χ3n) is 2.50. The first kappa shape index (κ1) is 10.3. The molecule has 0 saturated heterocycles. The van der Waals surface area contributed by atoms with Crippen LogP contribution in [0.15, 0.2) is 18.2 Å². The summed E-state index contributed by atoms with van der Waals surface area (Å²) < 4.78 is 18.6. The number of halogens is 1. The first-order chi connectivity index (χ1) is 7.15. The first-order valence-corrected chi connectivity index (χ1v) is 5.34. The maximum Gasteiger partial charge on any atom is 0.142 e. The minimum atomic E-state index is -0.227. The van der Waals surface area contributed by atoms with Crippen molar-refractivity contribution in [3.05, 3.63) is 24.0 Å². The van der Waals surface area contributed by atoms with Crippen LogP contribution in [0.4, 0.5) is 10.1 Å². The average molecular weight is 209 g/mol. The maximum atomic E-state index is 13.0. The maximum absolute atomic E-state index is 13.0. The van der Waals surface area contributed by atoms with Crippen molar-refractivity contribution in [1.29, 1.82) is 0 Å². The van der Waals surface area contributed by atoms with Gasteiger partial charge in [0.25, 0.3) is 0 Å². The Morgan fingerprint density at radius 1 is 1.53 bits per heavy atom. The van der Waals surface area contributed by atoms with Crippen molar-refractivity contribution in [2.45, 2.75) is 26.3 Å². The monoisotopic (exact) mass is 209 g/mol. The van der Waals surface area contributed by atoms with E-state index >= 15 is 0 Å². The lowest BCUT2D eigenvalue weighted by Crippen LogP contribution is -2.32. The molecule has 1 aromatic carbocycles. The van der Waals surface area contributed by atoms with Crippen LogP contribution in [0, 0.1) is 11.7 Å². The molecule has 1 heterocycles. The summed E-state index contributed by atoms with van der Waals surface area (Å²) in [6, 6.07) is 4.87. The Morgan fingerprint density at radius 3 is 3.07 bits per heavy atom. The van der Waals surface area contributed by atoms with Gasteiger partial charge in [-0.25, -0.2) is 4.39 Å². The van der Waals surface area contributed by atoms with Crippen molar-refractivity contribution in [3.8, 4) is 5.75 Å². The van der Waals surface area contributed by atoms with Crippen LogP contribution >= 0.6 is 0 Å². The molecule has 2 rings (SSSR count). The number of nitrogens with one attached hydrogen (secondary N) is 1. The fourth-order valence-electron chi connectivity index (χ4n) is 1.89. The Labute approximate surface area is 89.4 Å². The summed E-state index contributed by atoms with van der Waals surface area (Å²) in [4.78, 5) is 0. The molecule has 1 atom stereocenters. The lowest BCUT2D eigenvalue weighted by atomic mass is 10.0. The zero-order valence-electron chi connectivity index (χ0n) is 9.09. The molecule has 0 aromatic heterocycles. The number of anilines is 1. The standard InChI is InChI=1S/C12H16FNO/c1-8(2)5-10-7-15-12-4-3-9(13)6-11(12)14-10/h3-4,6,8,10,14H,5,7H2,1-2H3. The van der Waals surface area contributed by atoms with E-state index in [1.54, 1.807) is 6.07 Å². The molecule has 0 amide bonds. The van der Waals surface area contributed by atoms with Crippen LogP contribution in [-0.2, 0) is 0 Å². The summed E-state index contributed by atoms with van der Waals surface area (Å²) in [7, 11) is 0. The molecule has 0 aliphatic carbocycles. The summed E-state index contributed by atoms with van der Waals surface area (Å²) >= 11 is 0. The van der Waals surface area contributed by atoms with Crippen LogP contribution in [0.2, 0.25) is 0 Å². The fraction of sp³-hybridized carbons (Fsp3) is 0.500. The van der Waals surface area contributed by atoms with Gasteiger partial charge in [0.1, 0.15) is 18.2 Å². The molecule has 3 heteroatoms. The second-order valence-electron chi connectivity index (χ2n) is 4.42. The minimum absolute atomic E-state index is 0.227. The molecule has 2 nitrogen and oxygen atoms in total. The Morgan fingerprint density at radius 2 is 2.33 bits per heavy atom. The second-order valence-corrected chi connectivity index (χ2v) is 4.42. The summed E-state index contributed by atoms with van der Waals surface area (Å²) in [6.07, 6.45) is 1.04. The molecule has 1 aromatic rings. The number of hydrogen-bond acceptors (Lipinski definition) is 2. The highest BCUT2D eigenvalue weighted by atomic mass is 19.1. The largest absolute Gasteiger partial charge is 0.489 e. The quantitative estimate of drug-likeness (QED) is 0.808. The molecule has 0 saturated carbocycles. The normalized spacial score (nSPS) is 19.3. The highest BCUT2D eigenvalue weighted by Gasteiger charge is 2.19. The molecule has 0 bridgehead atoms. The van der Waals surface area contributed by atoms with E-state index < -0.39 is 0 Å². The highest BCUT2D eigenvalue weighted by molar-refractivity contribution is 5.58. The van der Waals surface area contributed by atoms with Crippen LogP contribution in [-0.4, -0.2) is 12.6 Å². The van der Waals surface area contributed by atoms with E-state index in [0.717, 1.165) is 17.9 Å². The van der Waals surface area contributed by atoms with Crippen LogP contribution in [0.25, 0.3) is 0 Å². The first-order valence-electron chi connectivity index (χ1n) is 5.34. The number of benzene rings is 1. The van der Waals surface area contributed by atoms with Crippen LogP contribution in [0.5, 0.6) is 5.75 Å². The van der Waals surface area contributed by atoms with Gasteiger partial charge in [0.2, 0.25) is 0 Å². The third kappa shape index (κ3) is 2.41. The van der Waals surface area contributed by atoms with Crippen molar-refractivity contribution >= 4 is 5.69 Å². The van der Waals surface area contributed by atoms with E-state index in [4.69, 9.17) is 4.74 Å². The Kier molecular flexibility index (Phi) is 2.80. The molecule has 0 radical (unpaired) electrons. The Hall–Kier alpha value is -1.25. The van der Waals surface area contributed by atoms with Crippen molar-refractivity contribution < 1.29 is 9.13 Å². The molecule has 0 fully saturated rings. The van der Waals surface area contributed by atoms with Gasteiger partial charge in [0.05, 0.1) is 11.7 Å². The lowest BCUT2D eigenvalue weighted by Gasteiger charge is -2.28. The van der Waals surface area contributed by atoms with Crippen LogP contribution < -0.4 is 10.1 Å². The molecule has 15 heavy (non-hydrogen) atoms. The molecule has 0 spiro atoms.